The van der Waals surface area contributed by atoms with Crippen molar-refractivity contribution in [2.24, 2.45) is 11.8 Å². The molecule has 3 heteroatoms. The molecule has 0 fully saturated rings. The molecule has 0 aliphatic rings. The first kappa shape index (κ1) is 10.5. The number of alkyl halides is 1. The van der Waals surface area contributed by atoms with Gasteiger partial charge in [-0.2, -0.15) is 0 Å². The van der Waals surface area contributed by atoms with E-state index in [2.05, 4.69) is 27.7 Å². The minimum Gasteiger partial charge on any atom is -0.410 e. The van der Waals surface area contributed by atoms with E-state index in [0.29, 0.717) is 22.3 Å². The van der Waals surface area contributed by atoms with Crippen molar-refractivity contribution in [3.63, 3.8) is 0 Å². The molecule has 0 amide bonds. The van der Waals surface area contributed by atoms with Gasteiger partial charge in [0.1, 0.15) is 15.5 Å². The lowest BCUT2D eigenvalue weighted by molar-refractivity contribution is 0.0706. The normalized spacial score (nSPS) is 13.5. The molecule has 0 aromatic heterocycles. The van der Waals surface area contributed by atoms with Crippen LogP contribution >= 0.6 is 11.6 Å². The monoisotopic (exact) mass is 180 g/mol. The van der Waals surface area contributed by atoms with Gasteiger partial charge < -0.3 is 4.43 Å². The van der Waals surface area contributed by atoms with Gasteiger partial charge in [0.25, 0.3) is 0 Å². The summed E-state index contributed by atoms with van der Waals surface area (Å²) in [5, 5.41) is -0.424. The van der Waals surface area contributed by atoms with E-state index in [0.717, 1.165) is 0 Å². The molecule has 0 spiro atoms. The predicted octanol–water partition coefficient (Wildman–Crippen LogP) is 1.53. The van der Waals surface area contributed by atoms with Gasteiger partial charge >= 0.3 is 0 Å². The van der Waals surface area contributed by atoms with Gasteiger partial charge in [-0.05, 0) is 11.8 Å². The Kier molecular flexibility index (Phi) is 3.92. The van der Waals surface area contributed by atoms with Crippen molar-refractivity contribution in [2.75, 3.05) is 0 Å². The summed E-state index contributed by atoms with van der Waals surface area (Å²) >= 11 is 6.21. The third kappa shape index (κ3) is 1.97. The highest BCUT2D eigenvalue weighted by Crippen LogP contribution is 2.33. The van der Waals surface area contributed by atoms with Crippen LogP contribution in [0.25, 0.3) is 0 Å². The number of halogens is 1. The fourth-order valence-electron chi connectivity index (χ4n) is 1.14. The van der Waals surface area contributed by atoms with E-state index in [9.17, 15) is 0 Å². The SMILES string of the molecule is CC(C)C(Cl)(O[SiH3])C(C)C. The van der Waals surface area contributed by atoms with Crippen LogP contribution in [0.4, 0.5) is 0 Å². The molecular weight excluding hydrogens is 164 g/mol. The van der Waals surface area contributed by atoms with Gasteiger partial charge in [-0.1, -0.05) is 39.3 Å². The van der Waals surface area contributed by atoms with Crippen LogP contribution in [-0.2, 0) is 4.43 Å². The van der Waals surface area contributed by atoms with Crippen molar-refractivity contribution in [1.29, 1.82) is 0 Å². The fraction of sp³-hybridized carbons (Fsp3) is 1.00. The van der Waals surface area contributed by atoms with E-state index in [1.165, 1.54) is 0 Å². The van der Waals surface area contributed by atoms with Crippen LogP contribution < -0.4 is 0 Å². The minimum atomic E-state index is -0.424. The molecular formula is C7H17ClOSi. The minimum absolute atomic E-state index is 0.381. The van der Waals surface area contributed by atoms with Crippen LogP contribution in [0.3, 0.4) is 0 Å². The summed E-state index contributed by atoms with van der Waals surface area (Å²) in [7, 11) is 0.710. The largest absolute Gasteiger partial charge is 0.410 e. The Morgan fingerprint density at radius 2 is 1.50 bits per heavy atom. The summed E-state index contributed by atoms with van der Waals surface area (Å²) in [6.45, 7) is 8.35. The molecule has 0 atom stereocenters. The van der Waals surface area contributed by atoms with E-state index < -0.39 is 5.06 Å². The predicted molar refractivity (Wildman–Crippen MR) is 49.3 cm³/mol. The zero-order valence-corrected chi connectivity index (χ0v) is 10.2. The smallest absolute Gasteiger partial charge is 0.148 e. The first-order chi connectivity index (χ1) is 4.45. The van der Waals surface area contributed by atoms with Gasteiger partial charge in [0.15, 0.2) is 0 Å². The molecule has 0 aromatic carbocycles. The zero-order chi connectivity index (χ0) is 8.36. The summed E-state index contributed by atoms with van der Waals surface area (Å²) < 4.78 is 5.36. The van der Waals surface area contributed by atoms with E-state index in [4.69, 9.17) is 16.0 Å². The highest BCUT2D eigenvalue weighted by atomic mass is 35.5. The highest BCUT2D eigenvalue weighted by Gasteiger charge is 2.33. The van der Waals surface area contributed by atoms with Crippen molar-refractivity contribution in [1.82, 2.24) is 0 Å². The molecule has 62 valence electrons. The lowest BCUT2D eigenvalue weighted by atomic mass is 9.96. The molecule has 0 aromatic rings. The van der Waals surface area contributed by atoms with Crippen molar-refractivity contribution in [2.45, 2.75) is 32.8 Å². The van der Waals surface area contributed by atoms with E-state index in [1.54, 1.807) is 0 Å². The van der Waals surface area contributed by atoms with Gasteiger partial charge in [-0.15, -0.1) is 0 Å². The number of rotatable bonds is 3. The summed E-state index contributed by atoms with van der Waals surface area (Å²) in [5.41, 5.74) is 0. The molecule has 1 nitrogen and oxygen atoms in total. The van der Waals surface area contributed by atoms with E-state index >= 15 is 0 Å². The number of hydrogen-bond acceptors (Lipinski definition) is 1. The summed E-state index contributed by atoms with van der Waals surface area (Å²) in [5.74, 6) is 0.762. The van der Waals surface area contributed by atoms with E-state index in [-0.39, 0.29) is 0 Å². The first-order valence-corrected chi connectivity index (χ1v) is 4.88. The Balaban J connectivity index is 4.23. The van der Waals surface area contributed by atoms with E-state index in [1.807, 2.05) is 0 Å². The third-order valence-corrected chi connectivity index (χ3v) is 3.85. The molecule has 0 heterocycles. The lowest BCUT2D eigenvalue weighted by Crippen LogP contribution is -2.36. The second-order valence-corrected chi connectivity index (χ2v) is 4.21. The first-order valence-electron chi connectivity index (χ1n) is 3.69. The Morgan fingerprint density at radius 3 is 1.50 bits per heavy atom. The summed E-state index contributed by atoms with van der Waals surface area (Å²) in [4.78, 5) is 0. The quantitative estimate of drug-likeness (QED) is 0.473. The Hall–Kier alpha value is 0.467. The van der Waals surface area contributed by atoms with Crippen molar-refractivity contribution in [3.05, 3.63) is 0 Å². The lowest BCUT2D eigenvalue weighted by Gasteiger charge is -2.34. The van der Waals surface area contributed by atoms with Crippen LogP contribution in [0.5, 0.6) is 0 Å². The molecule has 0 saturated heterocycles. The highest BCUT2D eigenvalue weighted by molar-refractivity contribution is 6.24. The molecule has 0 aliphatic heterocycles. The fourth-order valence-corrected chi connectivity index (χ4v) is 2.08. The molecule has 0 aliphatic carbocycles. The topological polar surface area (TPSA) is 9.23 Å². The van der Waals surface area contributed by atoms with Gasteiger partial charge in [-0.25, -0.2) is 0 Å². The van der Waals surface area contributed by atoms with Crippen LogP contribution in [0.1, 0.15) is 27.7 Å². The molecule has 0 unspecified atom stereocenters. The van der Waals surface area contributed by atoms with Gasteiger partial charge in [0.05, 0.1) is 0 Å². The van der Waals surface area contributed by atoms with Gasteiger partial charge in [0.2, 0.25) is 0 Å². The standard InChI is InChI=1S/C7H17ClOSi/c1-5(2)7(8,9-10)6(3)4/h5-6H,1-4,10H3. The van der Waals surface area contributed by atoms with Crippen molar-refractivity contribution in [3.8, 4) is 0 Å². The number of hydrogen-bond donors (Lipinski definition) is 0. The molecule has 10 heavy (non-hydrogen) atoms. The maximum absolute atomic E-state index is 6.21. The third-order valence-electron chi connectivity index (χ3n) is 1.89. The van der Waals surface area contributed by atoms with Gasteiger partial charge in [-0.3, -0.25) is 0 Å². The van der Waals surface area contributed by atoms with Crippen LogP contribution in [0, 0.1) is 11.8 Å². The Labute approximate surface area is 71.6 Å². The summed E-state index contributed by atoms with van der Waals surface area (Å²) in [6.07, 6.45) is 0. The zero-order valence-electron chi connectivity index (χ0n) is 7.44. The maximum Gasteiger partial charge on any atom is 0.148 e. The summed E-state index contributed by atoms with van der Waals surface area (Å²) in [6, 6.07) is 0. The molecule has 0 bridgehead atoms. The van der Waals surface area contributed by atoms with Crippen LogP contribution in [-0.4, -0.2) is 15.5 Å². The van der Waals surface area contributed by atoms with Gasteiger partial charge in [0, 0.05) is 0 Å². The second-order valence-electron chi connectivity index (χ2n) is 3.21. The maximum atomic E-state index is 6.21. The second kappa shape index (κ2) is 3.74. The Morgan fingerprint density at radius 1 is 1.20 bits per heavy atom. The Bertz CT molecular complexity index is 95.8. The molecule has 0 saturated carbocycles. The molecule has 0 radical (unpaired) electrons. The van der Waals surface area contributed by atoms with Crippen LogP contribution in [0.2, 0.25) is 0 Å². The average molecular weight is 181 g/mol. The molecule has 0 rings (SSSR count). The van der Waals surface area contributed by atoms with Crippen LogP contribution in [0.15, 0.2) is 0 Å². The molecule has 0 N–H and O–H groups in total. The van der Waals surface area contributed by atoms with Crippen molar-refractivity contribution >= 4 is 22.1 Å². The average Bonchev–Trinajstić information content (AvgIpc) is 1.85. The van der Waals surface area contributed by atoms with Crippen molar-refractivity contribution < 1.29 is 4.43 Å².